The van der Waals surface area contributed by atoms with Crippen molar-refractivity contribution < 1.29 is 4.42 Å². The minimum absolute atomic E-state index is 0.641. The number of furan rings is 1. The first-order chi connectivity index (χ1) is 8.92. The van der Waals surface area contributed by atoms with Crippen LogP contribution >= 0.6 is 11.3 Å². The van der Waals surface area contributed by atoms with Crippen molar-refractivity contribution in [3.8, 4) is 11.4 Å². The fourth-order valence-corrected chi connectivity index (χ4v) is 2.27. The molecule has 0 bridgehead atoms. The van der Waals surface area contributed by atoms with Crippen molar-refractivity contribution in [3.63, 3.8) is 0 Å². The monoisotopic (exact) mass is 257 g/mol. The molecule has 18 heavy (non-hydrogen) atoms. The Kier molecular flexibility index (Phi) is 3.06. The van der Waals surface area contributed by atoms with E-state index < -0.39 is 0 Å². The van der Waals surface area contributed by atoms with Crippen molar-refractivity contribution in [2.45, 2.75) is 6.54 Å². The van der Waals surface area contributed by atoms with E-state index in [1.165, 1.54) is 0 Å². The Morgan fingerprint density at radius 2 is 2.17 bits per heavy atom. The molecule has 0 spiro atoms. The van der Waals surface area contributed by atoms with Crippen LogP contribution in [0.3, 0.4) is 0 Å². The SMILES string of the molecule is c1ccc(-c2csc(NCc3ccco3)n2)nc1. The molecule has 4 nitrogen and oxygen atoms in total. The van der Waals surface area contributed by atoms with Gasteiger partial charge in [-0.05, 0) is 24.3 Å². The summed E-state index contributed by atoms with van der Waals surface area (Å²) in [5, 5.41) is 6.08. The minimum Gasteiger partial charge on any atom is -0.467 e. The van der Waals surface area contributed by atoms with Gasteiger partial charge in [-0.25, -0.2) is 4.98 Å². The molecule has 0 atom stereocenters. The van der Waals surface area contributed by atoms with Gasteiger partial charge in [0.15, 0.2) is 5.13 Å². The Morgan fingerprint density at radius 3 is 2.94 bits per heavy atom. The normalized spacial score (nSPS) is 10.4. The molecule has 0 fully saturated rings. The number of hydrogen-bond donors (Lipinski definition) is 1. The first-order valence-electron chi connectivity index (χ1n) is 5.55. The minimum atomic E-state index is 0.641. The predicted octanol–water partition coefficient (Wildman–Crippen LogP) is 3.41. The third-order valence-corrected chi connectivity index (χ3v) is 3.23. The fraction of sp³-hybridized carbons (Fsp3) is 0.0769. The molecule has 0 radical (unpaired) electrons. The second-order valence-corrected chi connectivity index (χ2v) is 4.54. The summed E-state index contributed by atoms with van der Waals surface area (Å²) >= 11 is 1.56. The average molecular weight is 257 g/mol. The van der Waals surface area contributed by atoms with Crippen LogP contribution in [0.2, 0.25) is 0 Å². The molecule has 3 rings (SSSR count). The van der Waals surface area contributed by atoms with E-state index in [0.29, 0.717) is 6.54 Å². The van der Waals surface area contributed by atoms with Gasteiger partial charge < -0.3 is 9.73 Å². The maximum absolute atomic E-state index is 5.25. The predicted molar refractivity (Wildman–Crippen MR) is 71.4 cm³/mol. The van der Waals surface area contributed by atoms with Crippen LogP contribution in [0, 0.1) is 0 Å². The molecule has 0 aliphatic heterocycles. The summed E-state index contributed by atoms with van der Waals surface area (Å²) in [7, 11) is 0. The molecule has 0 saturated heterocycles. The van der Waals surface area contributed by atoms with Crippen LogP contribution in [0.15, 0.2) is 52.6 Å². The number of rotatable bonds is 4. The highest BCUT2D eigenvalue weighted by Crippen LogP contribution is 2.23. The summed E-state index contributed by atoms with van der Waals surface area (Å²) in [6.07, 6.45) is 3.43. The summed E-state index contributed by atoms with van der Waals surface area (Å²) in [6, 6.07) is 9.60. The third-order valence-electron chi connectivity index (χ3n) is 2.43. The zero-order valence-corrected chi connectivity index (χ0v) is 10.4. The number of anilines is 1. The van der Waals surface area contributed by atoms with Crippen molar-refractivity contribution in [1.82, 2.24) is 9.97 Å². The lowest BCUT2D eigenvalue weighted by atomic mass is 10.3. The lowest BCUT2D eigenvalue weighted by Crippen LogP contribution is -1.97. The Bertz CT molecular complexity index is 604. The van der Waals surface area contributed by atoms with Crippen molar-refractivity contribution in [2.24, 2.45) is 0 Å². The van der Waals surface area contributed by atoms with E-state index in [1.54, 1.807) is 23.8 Å². The standard InChI is InChI=1S/C13H11N3OS/c1-2-6-14-11(5-1)12-9-18-13(16-12)15-8-10-4-3-7-17-10/h1-7,9H,8H2,(H,15,16). The molecule has 5 heteroatoms. The van der Waals surface area contributed by atoms with Gasteiger partial charge in [0.05, 0.1) is 18.5 Å². The molecule has 0 aromatic carbocycles. The first-order valence-corrected chi connectivity index (χ1v) is 6.43. The Labute approximate surface area is 108 Å². The molecular formula is C13H11N3OS. The second kappa shape index (κ2) is 5.01. The molecule has 0 amide bonds. The Balaban J connectivity index is 1.70. The van der Waals surface area contributed by atoms with Gasteiger partial charge in [-0.15, -0.1) is 11.3 Å². The van der Waals surface area contributed by atoms with Gasteiger partial charge >= 0.3 is 0 Å². The average Bonchev–Trinajstić information content (AvgIpc) is 3.09. The lowest BCUT2D eigenvalue weighted by molar-refractivity contribution is 0.518. The van der Waals surface area contributed by atoms with Gasteiger partial charge in [0.1, 0.15) is 11.5 Å². The molecule has 90 valence electrons. The number of aromatic nitrogens is 2. The highest BCUT2D eigenvalue weighted by atomic mass is 32.1. The van der Waals surface area contributed by atoms with Crippen molar-refractivity contribution >= 4 is 16.5 Å². The molecule has 0 aliphatic rings. The lowest BCUT2D eigenvalue weighted by Gasteiger charge is -1.98. The summed E-state index contributed by atoms with van der Waals surface area (Å²) < 4.78 is 5.25. The largest absolute Gasteiger partial charge is 0.467 e. The van der Waals surface area contributed by atoms with Gasteiger partial charge in [-0.2, -0.15) is 0 Å². The molecule has 1 N–H and O–H groups in total. The molecular weight excluding hydrogens is 246 g/mol. The van der Waals surface area contributed by atoms with Crippen LogP contribution in [0.5, 0.6) is 0 Å². The van der Waals surface area contributed by atoms with Crippen molar-refractivity contribution in [2.75, 3.05) is 5.32 Å². The van der Waals surface area contributed by atoms with E-state index in [4.69, 9.17) is 4.42 Å². The quantitative estimate of drug-likeness (QED) is 0.778. The smallest absolute Gasteiger partial charge is 0.183 e. The number of pyridine rings is 1. The maximum atomic E-state index is 5.25. The van der Waals surface area contributed by atoms with Crippen LogP contribution in [0.25, 0.3) is 11.4 Å². The highest BCUT2D eigenvalue weighted by Gasteiger charge is 2.05. The number of thiazole rings is 1. The second-order valence-electron chi connectivity index (χ2n) is 3.69. The topological polar surface area (TPSA) is 51.0 Å². The van der Waals surface area contributed by atoms with E-state index in [0.717, 1.165) is 22.3 Å². The van der Waals surface area contributed by atoms with E-state index >= 15 is 0 Å². The van der Waals surface area contributed by atoms with E-state index in [-0.39, 0.29) is 0 Å². The maximum Gasteiger partial charge on any atom is 0.183 e. The summed E-state index contributed by atoms with van der Waals surface area (Å²) in [4.78, 5) is 8.75. The number of nitrogens with zero attached hydrogens (tertiary/aromatic N) is 2. The van der Waals surface area contributed by atoms with Crippen LogP contribution in [-0.4, -0.2) is 9.97 Å². The number of nitrogens with one attached hydrogen (secondary N) is 1. The summed E-state index contributed by atoms with van der Waals surface area (Å²) in [5.74, 6) is 0.893. The van der Waals surface area contributed by atoms with Gasteiger partial charge in [-0.3, -0.25) is 4.98 Å². The molecule has 3 aromatic rings. The van der Waals surface area contributed by atoms with Crippen LogP contribution in [-0.2, 0) is 6.54 Å². The molecule has 3 heterocycles. The molecule has 3 aromatic heterocycles. The highest BCUT2D eigenvalue weighted by molar-refractivity contribution is 7.14. The van der Waals surface area contributed by atoms with Crippen molar-refractivity contribution in [1.29, 1.82) is 0 Å². The zero-order chi connectivity index (χ0) is 12.2. The molecule has 0 unspecified atom stereocenters. The van der Waals surface area contributed by atoms with Crippen LogP contribution < -0.4 is 5.32 Å². The van der Waals surface area contributed by atoms with Crippen LogP contribution in [0.4, 0.5) is 5.13 Å². The van der Waals surface area contributed by atoms with Crippen LogP contribution in [0.1, 0.15) is 5.76 Å². The Morgan fingerprint density at radius 1 is 1.17 bits per heavy atom. The van der Waals surface area contributed by atoms with E-state index in [1.807, 2.05) is 35.7 Å². The van der Waals surface area contributed by atoms with E-state index in [9.17, 15) is 0 Å². The van der Waals surface area contributed by atoms with Gasteiger partial charge in [0, 0.05) is 11.6 Å². The van der Waals surface area contributed by atoms with Gasteiger partial charge in [0.25, 0.3) is 0 Å². The summed E-state index contributed by atoms with van der Waals surface area (Å²) in [5.41, 5.74) is 1.78. The fourth-order valence-electron chi connectivity index (χ4n) is 1.56. The van der Waals surface area contributed by atoms with E-state index in [2.05, 4.69) is 15.3 Å². The third kappa shape index (κ3) is 2.41. The number of hydrogen-bond acceptors (Lipinski definition) is 5. The molecule has 0 saturated carbocycles. The van der Waals surface area contributed by atoms with Gasteiger partial charge in [-0.1, -0.05) is 6.07 Å². The summed E-state index contributed by atoms with van der Waals surface area (Å²) in [6.45, 7) is 0.641. The van der Waals surface area contributed by atoms with Crippen molar-refractivity contribution in [3.05, 3.63) is 53.9 Å². The zero-order valence-electron chi connectivity index (χ0n) is 9.54. The molecule has 0 aliphatic carbocycles. The Hall–Kier alpha value is -2.14. The van der Waals surface area contributed by atoms with Gasteiger partial charge in [0.2, 0.25) is 0 Å². The first kappa shape index (κ1) is 11.0.